The largest absolute Gasteiger partial charge is 0.355 e. The summed E-state index contributed by atoms with van der Waals surface area (Å²) in [7, 11) is -3.94. The van der Waals surface area contributed by atoms with E-state index in [1.165, 1.54) is 17.0 Å². The van der Waals surface area contributed by atoms with Crippen LogP contribution in [0.4, 0.5) is 5.69 Å². The zero-order valence-corrected chi connectivity index (χ0v) is 22.5. The summed E-state index contributed by atoms with van der Waals surface area (Å²) in [5, 5.41) is 3.01. The third-order valence-corrected chi connectivity index (χ3v) is 7.30. The lowest BCUT2D eigenvalue weighted by molar-refractivity contribution is -0.140. The van der Waals surface area contributed by atoms with Crippen molar-refractivity contribution in [3.05, 3.63) is 62.6 Å². The van der Waals surface area contributed by atoms with E-state index in [-0.39, 0.29) is 33.2 Å². The number of hydrogen-bond donors (Lipinski definition) is 1. The molecule has 2 amide bonds. The maximum absolute atomic E-state index is 13.6. The molecular formula is C23H28Cl3N3O4S. The Morgan fingerprint density at radius 3 is 2.12 bits per heavy atom. The molecule has 0 heterocycles. The molecule has 0 aliphatic heterocycles. The van der Waals surface area contributed by atoms with Crippen molar-refractivity contribution in [1.29, 1.82) is 0 Å². The van der Waals surface area contributed by atoms with Crippen LogP contribution in [0.5, 0.6) is 0 Å². The van der Waals surface area contributed by atoms with Gasteiger partial charge in [-0.25, -0.2) is 8.42 Å². The average Bonchev–Trinajstić information content (AvgIpc) is 2.75. The lowest BCUT2D eigenvalue weighted by Gasteiger charge is -2.33. The van der Waals surface area contributed by atoms with Crippen LogP contribution in [0.25, 0.3) is 0 Å². The number of hydrogen-bond acceptors (Lipinski definition) is 4. The number of halogens is 3. The number of carbonyl (C=O) groups is 2. The molecule has 186 valence electrons. The van der Waals surface area contributed by atoms with Crippen molar-refractivity contribution in [2.75, 3.05) is 23.7 Å². The quantitative estimate of drug-likeness (QED) is 0.437. The zero-order valence-electron chi connectivity index (χ0n) is 19.4. The lowest BCUT2D eigenvalue weighted by Crippen LogP contribution is -2.52. The standard InChI is InChI=1S/C23H28Cl3N3O4S/c1-5-20(23(31)27-6-2)28(13-16-9-7-15(3)8-10-16)22(30)14-29(34(4,32)33)21-12-18(25)17(24)11-19(21)26/h7-12,20H,5-6,13-14H2,1-4H3,(H,27,31). The van der Waals surface area contributed by atoms with Gasteiger partial charge < -0.3 is 10.2 Å². The Morgan fingerprint density at radius 1 is 1.00 bits per heavy atom. The second-order valence-corrected chi connectivity index (χ2v) is 10.9. The zero-order chi connectivity index (χ0) is 25.6. The van der Waals surface area contributed by atoms with Gasteiger partial charge >= 0.3 is 0 Å². The first-order valence-electron chi connectivity index (χ1n) is 10.6. The highest BCUT2D eigenvalue weighted by Gasteiger charge is 2.32. The third-order valence-electron chi connectivity index (χ3n) is 5.15. The molecule has 0 spiro atoms. The van der Waals surface area contributed by atoms with Crippen molar-refractivity contribution in [2.45, 2.75) is 39.8 Å². The smallest absolute Gasteiger partial charge is 0.244 e. The molecule has 2 aromatic rings. The minimum absolute atomic E-state index is 0.0215. The second kappa shape index (κ2) is 12.1. The van der Waals surface area contributed by atoms with Gasteiger partial charge in [0, 0.05) is 13.1 Å². The van der Waals surface area contributed by atoms with E-state index in [1.54, 1.807) is 13.8 Å². The number of benzene rings is 2. The molecule has 0 radical (unpaired) electrons. The first kappa shape index (κ1) is 28.2. The molecule has 0 bridgehead atoms. The molecular weight excluding hydrogens is 521 g/mol. The van der Waals surface area contributed by atoms with E-state index >= 15 is 0 Å². The predicted molar refractivity (Wildman–Crippen MR) is 138 cm³/mol. The van der Waals surface area contributed by atoms with Crippen LogP contribution in [0.3, 0.4) is 0 Å². The Labute approximate surface area is 216 Å². The SMILES string of the molecule is CCNC(=O)C(CC)N(Cc1ccc(C)cc1)C(=O)CN(c1cc(Cl)c(Cl)cc1Cl)S(C)(=O)=O. The maximum Gasteiger partial charge on any atom is 0.244 e. The number of anilines is 1. The summed E-state index contributed by atoms with van der Waals surface area (Å²) in [6.07, 6.45) is 1.31. The molecule has 1 N–H and O–H groups in total. The van der Waals surface area contributed by atoms with E-state index in [2.05, 4.69) is 5.32 Å². The summed E-state index contributed by atoms with van der Waals surface area (Å²) in [6.45, 7) is 5.48. The van der Waals surface area contributed by atoms with E-state index in [4.69, 9.17) is 34.8 Å². The fourth-order valence-electron chi connectivity index (χ4n) is 3.40. The summed E-state index contributed by atoms with van der Waals surface area (Å²) in [5.74, 6) is -0.879. The van der Waals surface area contributed by atoms with Crippen molar-refractivity contribution in [3.8, 4) is 0 Å². The Balaban J connectivity index is 2.49. The molecule has 1 unspecified atom stereocenters. The molecule has 0 aliphatic carbocycles. The van der Waals surface area contributed by atoms with Crippen molar-refractivity contribution in [2.24, 2.45) is 0 Å². The Morgan fingerprint density at radius 2 is 1.59 bits per heavy atom. The van der Waals surface area contributed by atoms with Crippen molar-refractivity contribution < 1.29 is 18.0 Å². The first-order valence-corrected chi connectivity index (χ1v) is 13.6. The summed E-state index contributed by atoms with van der Waals surface area (Å²) >= 11 is 18.3. The first-order chi connectivity index (χ1) is 15.9. The number of carbonyl (C=O) groups excluding carboxylic acids is 2. The number of aryl methyl sites for hydroxylation is 1. The van der Waals surface area contributed by atoms with Crippen LogP contribution in [-0.4, -0.2) is 50.5 Å². The normalized spacial score (nSPS) is 12.2. The molecule has 2 rings (SSSR count). The minimum atomic E-state index is -3.94. The summed E-state index contributed by atoms with van der Waals surface area (Å²) in [6, 6.07) is 9.36. The molecule has 34 heavy (non-hydrogen) atoms. The van der Waals surface area contributed by atoms with Gasteiger partial charge in [-0.3, -0.25) is 13.9 Å². The summed E-state index contributed by atoms with van der Waals surface area (Å²) < 4.78 is 26.2. The highest BCUT2D eigenvalue weighted by atomic mass is 35.5. The number of amides is 2. The van der Waals surface area contributed by atoms with Gasteiger partial charge in [-0.15, -0.1) is 0 Å². The maximum atomic E-state index is 13.6. The van der Waals surface area contributed by atoms with E-state index in [9.17, 15) is 18.0 Å². The summed E-state index contributed by atoms with van der Waals surface area (Å²) in [5.41, 5.74) is 1.88. The van der Waals surface area contributed by atoms with Crippen LogP contribution >= 0.6 is 34.8 Å². The molecule has 1 atom stereocenters. The number of sulfonamides is 1. The van der Waals surface area contributed by atoms with Gasteiger partial charge in [-0.2, -0.15) is 0 Å². The topological polar surface area (TPSA) is 86.8 Å². The van der Waals surface area contributed by atoms with E-state index in [1.807, 2.05) is 31.2 Å². The predicted octanol–water partition coefficient (Wildman–Crippen LogP) is 4.66. The number of nitrogens with one attached hydrogen (secondary N) is 1. The fraction of sp³-hybridized carbons (Fsp3) is 0.391. The van der Waals surface area contributed by atoms with Crippen molar-refractivity contribution in [1.82, 2.24) is 10.2 Å². The Hall–Kier alpha value is -2.00. The highest BCUT2D eigenvalue weighted by Crippen LogP contribution is 2.35. The molecule has 2 aromatic carbocycles. The monoisotopic (exact) mass is 547 g/mol. The Kier molecular flexibility index (Phi) is 10.1. The van der Waals surface area contributed by atoms with Gasteiger partial charge in [0.1, 0.15) is 12.6 Å². The van der Waals surface area contributed by atoms with Crippen LogP contribution in [0.2, 0.25) is 15.1 Å². The number of rotatable bonds is 10. The number of likely N-dealkylation sites (N-methyl/N-ethyl adjacent to an activating group) is 1. The molecule has 0 aromatic heterocycles. The molecule has 7 nitrogen and oxygen atoms in total. The molecule has 11 heteroatoms. The third kappa shape index (κ3) is 7.25. The molecule has 0 fully saturated rings. The van der Waals surface area contributed by atoms with Crippen LogP contribution in [0.1, 0.15) is 31.4 Å². The Bertz CT molecular complexity index is 1140. The van der Waals surface area contributed by atoms with Crippen LogP contribution in [0, 0.1) is 6.92 Å². The summed E-state index contributed by atoms with van der Waals surface area (Å²) in [4.78, 5) is 27.7. The van der Waals surface area contributed by atoms with Gasteiger partial charge in [0.15, 0.2) is 0 Å². The molecule has 0 aliphatic rings. The minimum Gasteiger partial charge on any atom is -0.355 e. The average molecular weight is 549 g/mol. The van der Waals surface area contributed by atoms with E-state index in [0.29, 0.717) is 13.0 Å². The number of nitrogens with zero attached hydrogens (tertiary/aromatic N) is 2. The van der Waals surface area contributed by atoms with Crippen LogP contribution in [-0.2, 0) is 26.2 Å². The van der Waals surface area contributed by atoms with E-state index in [0.717, 1.165) is 21.7 Å². The highest BCUT2D eigenvalue weighted by molar-refractivity contribution is 7.92. The van der Waals surface area contributed by atoms with Crippen molar-refractivity contribution >= 4 is 62.3 Å². The van der Waals surface area contributed by atoms with Crippen molar-refractivity contribution in [3.63, 3.8) is 0 Å². The van der Waals surface area contributed by atoms with Gasteiger partial charge in [0.05, 0.1) is 27.0 Å². The molecule has 0 saturated carbocycles. The molecule has 0 saturated heterocycles. The second-order valence-electron chi connectivity index (χ2n) is 7.81. The van der Waals surface area contributed by atoms with E-state index < -0.39 is 28.5 Å². The van der Waals surface area contributed by atoms with Gasteiger partial charge in [-0.05, 0) is 38.0 Å². The van der Waals surface area contributed by atoms with Gasteiger partial charge in [-0.1, -0.05) is 71.6 Å². The lowest BCUT2D eigenvalue weighted by atomic mass is 10.1. The van der Waals surface area contributed by atoms with Crippen LogP contribution < -0.4 is 9.62 Å². The fourth-order valence-corrected chi connectivity index (χ4v) is 4.95. The van der Waals surface area contributed by atoms with Crippen LogP contribution in [0.15, 0.2) is 36.4 Å². The van der Waals surface area contributed by atoms with Gasteiger partial charge in [0.25, 0.3) is 0 Å². The van der Waals surface area contributed by atoms with Gasteiger partial charge in [0.2, 0.25) is 21.8 Å².